The fourth-order valence-electron chi connectivity index (χ4n) is 3.82. The van der Waals surface area contributed by atoms with Gasteiger partial charge in [-0.25, -0.2) is 4.79 Å². The molecule has 3 heterocycles. The Hall–Kier alpha value is -3.13. The van der Waals surface area contributed by atoms with Gasteiger partial charge in [0.2, 0.25) is 5.78 Å². The molecule has 0 atom stereocenters. The number of hydrogen-bond donors (Lipinski definition) is 0. The zero-order valence-corrected chi connectivity index (χ0v) is 17.4. The molecule has 152 valence electrons. The lowest BCUT2D eigenvalue weighted by molar-refractivity contribution is 0.137. The quantitative estimate of drug-likeness (QED) is 0.485. The molecule has 0 bridgehead atoms. The van der Waals surface area contributed by atoms with Crippen LogP contribution in [0.1, 0.15) is 23.9 Å². The molecule has 0 aliphatic rings. The van der Waals surface area contributed by atoms with E-state index >= 15 is 0 Å². The van der Waals surface area contributed by atoms with Crippen molar-refractivity contribution in [1.82, 2.24) is 23.1 Å². The van der Waals surface area contributed by atoms with Crippen LogP contribution in [0.15, 0.2) is 33.9 Å². The molecule has 0 saturated heterocycles. The second-order valence-corrected chi connectivity index (χ2v) is 7.26. The average molecular weight is 395 g/mol. The molecule has 3 aromatic heterocycles. The molecule has 0 aliphatic heterocycles. The molecule has 0 unspecified atom stereocenters. The van der Waals surface area contributed by atoms with Crippen molar-refractivity contribution < 1.29 is 4.74 Å². The summed E-state index contributed by atoms with van der Waals surface area (Å²) in [5, 5.41) is 0. The van der Waals surface area contributed by atoms with Gasteiger partial charge in [-0.2, -0.15) is 4.98 Å². The molecule has 8 heteroatoms. The largest absolute Gasteiger partial charge is 0.380 e. The maximum Gasteiger partial charge on any atom is 0.332 e. The van der Waals surface area contributed by atoms with Crippen LogP contribution in [-0.4, -0.2) is 36.3 Å². The van der Waals surface area contributed by atoms with Gasteiger partial charge in [0.1, 0.15) is 0 Å². The van der Waals surface area contributed by atoms with Crippen LogP contribution in [0.5, 0.6) is 0 Å². The first kappa shape index (κ1) is 19.2. The van der Waals surface area contributed by atoms with Gasteiger partial charge in [0.15, 0.2) is 11.2 Å². The van der Waals surface area contributed by atoms with Gasteiger partial charge in [-0.05, 0) is 45.4 Å². The summed E-state index contributed by atoms with van der Waals surface area (Å²) in [5.41, 5.74) is 4.06. The van der Waals surface area contributed by atoms with Gasteiger partial charge in [0.25, 0.3) is 5.56 Å². The molecule has 29 heavy (non-hydrogen) atoms. The first-order valence-corrected chi connectivity index (χ1v) is 9.71. The van der Waals surface area contributed by atoms with Crippen molar-refractivity contribution in [3.63, 3.8) is 0 Å². The zero-order valence-electron chi connectivity index (χ0n) is 17.4. The molecule has 0 amide bonds. The molecule has 0 spiro atoms. The number of aryl methyl sites for hydroxylation is 3. The first-order valence-electron chi connectivity index (χ1n) is 9.71. The highest BCUT2D eigenvalue weighted by Gasteiger charge is 2.23. The Balaban J connectivity index is 2.08. The SMILES string of the molecule is CCOCCn1c(=O)c2c(nc3n(-c4cccc(C)c4)c(C)c(C)n23)n(C)c1=O. The van der Waals surface area contributed by atoms with Crippen molar-refractivity contribution in [1.29, 1.82) is 0 Å². The van der Waals surface area contributed by atoms with Gasteiger partial charge in [-0.15, -0.1) is 0 Å². The van der Waals surface area contributed by atoms with Crippen molar-refractivity contribution in [3.05, 3.63) is 62.1 Å². The average Bonchev–Trinajstić information content (AvgIpc) is 3.19. The summed E-state index contributed by atoms with van der Waals surface area (Å²) in [6.07, 6.45) is 0. The van der Waals surface area contributed by atoms with E-state index in [2.05, 4.69) is 6.07 Å². The minimum Gasteiger partial charge on any atom is -0.380 e. The van der Waals surface area contributed by atoms with Crippen molar-refractivity contribution in [2.45, 2.75) is 34.2 Å². The van der Waals surface area contributed by atoms with Gasteiger partial charge in [-0.1, -0.05) is 12.1 Å². The minimum absolute atomic E-state index is 0.207. The molecule has 0 aliphatic carbocycles. The number of nitrogens with zero attached hydrogens (tertiary/aromatic N) is 5. The molecule has 4 rings (SSSR count). The Morgan fingerprint density at radius 2 is 1.86 bits per heavy atom. The number of aromatic nitrogens is 5. The van der Waals surface area contributed by atoms with Crippen LogP contribution in [0.2, 0.25) is 0 Å². The van der Waals surface area contributed by atoms with Crippen LogP contribution in [0.25, 0.3) is 22.6 Å². The maximum absolute atomic E-state index is 13.3. The predicted octanol–water partition coefficient (Wildman–Crippen LogP) is 2.10. The van der Waals surface area contributed by atoms with Crippen LogP contribution in [0.3, 0.4) is 0 Å². The van der Waals surface area contributed by atoms with Crippen LogP contribution in [-0.2, 0) is 18.3 Å². The number of imidazole rings is 2. The third-order valence-corrected chi connectivity index (χ3v) is 5.44. The Labute approximate surface area is 167 Å². The lowest BCUT2D eigenvalue weighted by Crippen LogP contribution is -2.40. The summed E-state index contributed by atoms with van der Waals surface area (Å²) in [6.45, 7) is 8.94. The van der Waals surface area contributed by atoms with Crippen LogP contribution in [0, 0.1) is 20.8 Å². The third-order valence-electron chi connectivity index (χ3n) is 5.44. The Bertz CT molecular complexity index is 1350. The highest BCUT2D eigenvalue weighted by atomic mass is 16.5. The molecule has 0 fully saturated rings. The number of benzene rings is 1. The molecule has 1 aromatic carbocycles. The zero-order chi connectivity index (χ0) is 20.9. The van der Waals surface area contributed by atoms with Gasteiger partial charge in [0.05, 0.1) is 13.2 Å². The summed E-state index contributed by atoms with van der Waals surface area (Å²) in [7, 11) is 1.65. The normalized spacial score (nSPS) is 11.8. The van der Waals surface area contributed by atoms with Crippen molar-refractivity contribution in [2.24, 2.45) is 7.05 Å². The summed E-state index contributed by atoms with van der Waals surface area (Å²) in [6, 6.07) is 8.12. The monoisotopic (exact) mass is 395 g/mol. The highest BCUT2D eigenvalue weighted by Crippen LogP contribution is 2.24. The van der Waals surface area contributed by atoms with Crippen LogP contribution in [0.4, 0.5) is 0 Å². The van der Waals surface area contributed by atoms with E-state index in [1.165, 1.54) is 9.13 Å². The predicted molar refractivity (Wildman–Crippen MR) is 112 cm³/mol. The van der Waals surface area contributed by atoms with E-state index in [1.807, 2.05) is 54.9 Å². The maximum atomic E-state index is 13.3. The van der Waals surface area contributed by atoms with E-state index in [0.717, 1.165) is 22.6 Å². The second-order valence-electron chi connectivity index (χ2n) is 7.26. The second kappa shape index (κ2) is 7.04. The Morgan fingerprint density at radius 1 is 1.10 bits per heavy atom. The highest BCUT2D eigenvalue weighted by molar-refractivity contribution is 5.77. The van der Waals surface area contributed by atoms with E-state index in [4.69, 9.17) is 9.72 Å². The smallest absolute Gasteiger partial charge is 0.332 e. The first-order chi connectivity index (χ1) is 13.9. The summed E-state index contributed by atoms with van der Waals surface area (Å²) in [5.74, 6) is 0.621. The van der Waals surface area contributed by atoms with E-state index in [9.17, 15) is 9.59 Å². The Morgan fingerprint density at radius 3 is 2.55 bits per heavy atom. The summed E-state index contributed by atoms with van der Waals surface area (Å²) < 4.78 is 11.9. The van der Waals surface area contributed by atoms with Crippen LogP contribution < -0.4 is 11.2 Å². The molecule has 0 radical (unpaired) electrons. The lowest BCUT2D eigenvalue weighted by atomic mass is 10.2. The molecule has 8 nitrogen and oxygen atoms in total. The fraction of sp³-hybridized carbons (Fsp3) is 0.381. The van der Waals surface area contributed by atoms with Gasteiger partial charge in [0, 0.05) is 30.7 Å². The molecular weight excluding hydrogens is 370 g/mol. The topological polar surface area (TPSA) is 75.5 Å². The van der Waals surface area contributed by atoms with Crippen molar-refractivity contribution >= 4 is 16.9 Å². The number of hydrogen-bond acceptors (Lipinski definition) is 4. The van der Waals surface area contributed by atoms with E-state index in [-0.39, 0.29) is 17.8 Å². The molecule has 4 aromatic rings. The van der Waals surface area contributed by atoms with Gasteiger partial charge < -0.3 is 4.74 Å². The fourth-order valence-corrected chi connectivity index (χ4v) is 3.82. The number of rotatable bonds is 5. The van der Waals surface area contributed by atoms with E-state index in [1.54, 1.807) is 7.05 Å². The van der Waals surface area contributed by atoms with E-state index in [0.29, 0.717) is 30.2 Å². The molecule has 0 N–H and O–H groups in total. The lowest BCUT2D eigenvalue weighted by Gasteiger charge is -2.09. The standard InChI is InChI=1S/C21H25N5O3/c1-6-29-11-10-24-19(27)17-18(23(5)21(24)28)22-20-25(14(3)15(4)26(17)20)16-9-7-8-13(2)12-16/h7-9,12H,6,10-11H2,1-5H3. The van der Waals surface area contributed by atoms with E-state index < -0.39 is 0 Å². The molecule has 0 saturated carbocycles. The van der Waals surface area contributed by atoms with Crippen LogP contribution >= 0.6 is 0 Å². The summed E-state index contributed by atoms with van der Waals surface area (Å²) in [4.78, 5) is 30.7. The number of ether oxygens (including phenoxy) is 1. The van der Waals surface area contributed by atoms with Crippen molar-refractivity contribution in [3.8, 4) is 5.69 Å². The Kier molecular flexibility index (Phi) is 4.66. The minimum atomic E-state index is -0.389. The number of fused-ring (bicyclic) bond motifs is 3. The molecular formula is C21H25N5O3. The third kappa shape index (κ3) is 2.82. The van der Waals surface area contributed by atoms with Gasteiger partial charge in [-0.3, -0.25) is 22.9 Å². The summed E-state index contributed by atoms with van der Waals surface area (Å²) >= 11 is 0. The van der Waals surface area contributed by atoms with Gasteiger partial charge >= 0.3 is 5.69 Å². The van der Waals surface area contributed by atoms with Crippen molar-refractivity contribution in [2.75, 3.05) is 13.2 Å².